The molecule has 2 N–H and O–H groups in total. The Morgan fingerprint density at radius 3 is 2.57 bits per heavy atom. The lowest BCUT2D eigenvalue weighted by Crippen LogP contribution is -2.17. The zero-order valence-corrected chi connectivity index (χ0v) is 9.36. The second-order valence-corrected chi connectivity index (χ2v) is 4.86. The van der Waals surface area contributed by atoms with Gasteiger partial charge in [-0.25, -0.2) is 4.68 Å². The average molecular weight is 197 g/mol. The molecule has 1 aromatic rings. The van der Waals surface area contributed by atoms with Crippen LogP contribution in [0.1, 0.15) is 46.0 Å². The van der Waals surface area contributed by atoms with Crippen molar-refractivity contribution in [2.24, 2.45) is 11.1 Å². The van der Waals surface area contributed by atoms with Crippen LogP contribution in [0.2, 0.25) is 0 Å². The molecular formula is C9H19N5. The molecule has 14 heavy (non-hydrogen) atoms. The van der Waals surface area contributed by atoms with Crippen molar-refractivity contribution in [3.05, 3.63) is 5.82 Å². The molecule has 0 amide bonds. The third-order valence-corrected chi connectivity index (χ3v) is 2.04. The second kappa shape index (κ2) is 4.04. The second-order valence-electron chi connectivity index (χ2n) is 4.86. The van der Waals surface area contributed by atoms with Gasteiger partial charge in [-0.1, -0.05) is 20.8 Å². The van der Waals surface area contributed by atoms with E-state index in [4.69, 9.17) is 5.73 Å². The van der Waals surface area contributed by atoms with E-state index in [0.29, 0.717) is 5.41 Å². The maximum atomic E-state index is 5.73. The van der Waals surface area contributed by atoms with E-state index < -0.39 is 0 Å². The largest absolute Gasteiger partial charge is 0.322 e. The number of rotatable bonds is 3. The molecule has 1 atom stereocenters. The predicted molar refractivity (Wildman–Crippen MR) is 54.5 cm³/mol. The number of aryl methyl sites for hydroxylation is 1. The lowest BCUT2D eigenvalue weighted by atomic mass is 9.92. The SMILES string of the molecule is CC(N)c1nnnn1CCC(C)(C)C. The van der Waals surface area contributed by atoms with Crippen molar-refractivity contribution in [1.82, 2.24) is 20.2 Å². The van der Waals surface area contributed by atoms with Gasteiger partial charge in [0.25, 0.3) is 0 Å². The summed E-state index contributed by atoms with van der Waals surface area (Å²) < 4.78 is 1.79. The number of nitrogens with zero attached hydrogens (tertiary/aromatic N) is 4. The van der Waals surface area contributed by atoms with Gasteiger partial charge < -0.3 is 5.73 Å². The number of nitrogens with two attached hydrogens (primary N) is 1. The molecule has 0 saturated heterocycles. The summed E-state index contributed by atoms with van der Waals surface area (Å²) in [6.07, 6.45) is 1.04. The fraction of sp³-hybridized carbons (Fsp3) is 0.889. The lowest BCUT2D eigenvalue weighted by molar-refractivity contribution is 0.333. The first-order valence-corrected chi connectivity index (χ1v) is 4.92. The van der Waals surface area contributed by atoms with Crippen LogP contribution in [0.4, 0.5) is 0 Å². The molecule has 1 heterocycles. The summed E-state index contributed by atoms with van der Waals surface area (Å²) in [6.45, 7) is 9.31. The molecule has 0 fully saturated rings. The Morgan fingerprint density at radius 2 is 2.07 bits per heavy atom. The monoisotopic (exact) mass is 197 g/mol. The van der Waals surface area contributed by atoms with Gasteiger partial charge >= 0.3 is 0 Å². The van der Waals surface area contributed by atoms with Crippen LogP contribution < -0.4 is 5.73 Å². The van der Waals surface area contributed by atoms with Crippen LogP contribution >= 0.6 is 0 Å². The van der Waals surface area contributed by atoms with Gasteiger partial charge in [0.1, 0.15) is 0 Å². The van der Waals surface area contributed by atoms with Gasteiger partial charge in [0.15, 0.2) is 5.82 Å². The molecule has 5 nitrogen and oxygen atoms in total. The fourth-order valence-electron chi connectivity index (χ4n) is 1.14. The minimum atomic E-state index is -0.107. The average Bonchev–Trinajstić information content (AvgIpc) is 2.46. The molecule has 1 rings (SSSR count). The molecule has 1 unspecified atom stereocenters. The van der Waals surface area contributed by atoms with Gasteiger partial charge in [0.2, 0.25) is 0 Å². The minimum absolute atomic E-state index is 0.107. The van der Waals surface area contributed by atoms with E-state index in [9.17, 15) is 0 Å². The Balaban J connectivity index is 2.63. The summed E-state index contributed by atoms with van der Waals surface area (Å²) in [5, 5.41) is 11.4. The van der Waals surface area contributed by atoms with Crippen LogP contribution in [0.25, 0.3) is 0 Å². The summed E-state index contributed by atoms with van der Waals surface area (Å²) in [7, 11) is 0. The number of hydrogen-bond donors (Lipinski definition) is 1. The molecule has 1 aromatic heterocycles. The molecule has 0 spiro atoms. The van der Waals surface area contributed by atoms with Crippen LogP contribution in [-0.4, -0.2) is 20.2 Å². The highest BCUT2D eigenvalue weighted by atomic mass is 15.5. The molecule has 0 bridgehead atoms. The summed E-state index contributed by atoms with van der Waals surface area (Å²) in [4.78, 5) is 0. The topological polar surface area (TPSA) is 69.6 Å². The third-order valence-electron chi connectivity index (χ3n) is 2.04. The molecule has 0 saturated carbocycles. The van der Waals surface area contributed by atoms with E-state index in [1.807, 2.05) is 6.92 Å². The maximum Gasteiger partial charge on any atom is 0.167 e. The van der Waals surface area contributed by atoms with E-state index >= 15 is 0 Å². The first-order chi connectivity index (χ1) is 6.40. The minimum Gasteiger partial charge on any atom is -0.322 e. The Labute approximate surface area is 84.7 Å². The molecule has 0 aliphatic rings. The smallest absolute Gasteiger partial charge is 0.167 e. The van der Waals surface area contributed by atoms with Crippen molar-refractivity contribution < 1.29 is 0 Å². The van der Waals surface area contributed by atoms with E-state index in [1.54, 1.807) is 4.68 Å². The highest BCUT2D eigenvalue weighted by Gasteiger charge is 2.14. The summed E-state index contributed by atoms with van der Waals surface area (Å²) >= 11 is 0. The highest BCUT2D eigenvalue weighted by molar-refractivity contribution is 4.87. The van der Waals surface area contributed by atoms with E-state index in [0.717, 1.165) is 18.8 Å². The van der Waals surface area contributed by atoms with Crippen molar-refractivity contribution >= 4 is 0 Å². The van der Waals surface area contributed by atoms with Crippen LogP contribution in [-0.2, 0) is 6.54 Å². The summed E-state index contributed by atoms with van der Waals surface area (Å²) in [5.41, 5.74) is 6.03. The van der Waals surface area contributed by atoms with Gasteiger partial charge in [-0.15, -0.1) is 5.10 Å². The molecule has 0 radical (unpaired) electrons. The van der Waals surface area contributed by atoms with Gasteiger partial charge in [-0.05, 0) is 29.2 Å². The Kier molecular flexibility index (Phi) is 3.21. The van der Waals surface area contributed by atoms with Crippen LogP contribution in [0.15, 0.2) is 0 Å². The fourth-order valence-corrected chi connectivity index (χ4v) is 1.14. The standard InChI is InChI=1S/C9H19N5/c1-7(10)8-11-12-13-14(8)6-5-9(2,3)4/h7H,5-6,10H2,1-4H3. The highest BCUT2D eigenvalue weighted by Crippen LogP contribution is 2.19. The van der Waals surface area contributed by atoms with Crippen molar-refractivity contribution in [2.45, 2.75) is 46.7 Å². The van der Waals surface area contributed by atoms with E-state index in [-0.39, 0.29) is 6.04 Å². The lowest BCUT2D eigenvalue weighted by Gasteiger charge is -2.18. The van der Waals surface area contributed by atoms with Gasteiger partial charge in [-0.2, -0.15) is 0 Å². The zero-order chi connectivity index (χ0) is 10.8. The van der Waals surface area contributed by atoms with Gasteiger partial charge in [0.05, 0.1) is 6.04 Å². The molecule has 0 aliphatic heterocycles. The van der Waals surface area contributed by atoms with Crippen molar-refractivity contribution in [3.63, 3.8) is 0 Å². The number of tetrazole rings is 1. The zero-order valence-electron chi connectivity index (χ0n) is 9.36. The molecule has 0 aromatic carbocycles. The Morgan fingerprint density at radius 1 is 1.43 bits per heavy atom. The molecule has 80 valence electrons. The summed E-state index contributed by atoms with van der Waals surface area (Å²) in [5.74, 6) is 0.759. The van der Waals surface area contributed by atoms with E-state index in [1.165, 1.54) is 0 Å². The number of hydrogen-bond acceptors (Lipinski definition) is 4. The molecule has 0 aliphatic carbocycles. The normalized spacial score (nSPS) is 14.4. The first-order valence-electron chi connectivity index (χ1n) is 4.92. The third kappa shape index (κ3) is 3.06. The predicted octanol–water partition coefficient (Wildman–Crippen LogP) is 1.13. The van der Waals surface area contributed by atoms with Crippen LogP contribution in [0.5, 0.6) is 0 Å². The van der Waals surface area contributed by atoms with Crippen molar-refractivity contribution in [1.29, 1.82) is 0 Å². The quantitative estimate of drug-likeness (QED) is 0.788. The maximum absolute atomic E-state index is 5.73. The van der Waals surface area contributed by atoms with E-state index in [2.05, 4.69) is 36.3 Å². The van der Waals surface area contributed by atoms with Gasteiger partial charge in [0, 0.05) is 6.54 Å². The van der Waals surface area contributed by atoms with Gasteiger partial charge in [-0.3, -0.25) is 0 Å². The summed E-state index contributed by atoms with van der Waals surface area (Å²) in [6, 6.07) is -0.107. The number of aromatic nitrogens is 4. The Hall–Kier alpha value is -0.970. The molecular weight excluding hydrogens is 178 g/mol. The van der Waals surface area contributed by atoms with Crippen LogP contribution in [0.3, 0.4) is 0 Å². The first kappa shape index (κ1) is 11.1. The Bertz CT molecular complexity index is 284. The van der Waals surface area contributed by atoms with Crippen LogP contribution in [0, 0.1) is 5.41 Å². The van der Waals surface area contributed by atoms with Crippen molar-refractivity contribution in [2.75, 3.05) is 0 Å². The molecule has 5 heteroatoms. The van der Waals surface area contributed by atoms with Crippen molar-refractivity contribution in [3.8, 4) is 0 Å².